The van der Waals surface area contributed by atoms with Crippen molar-refractivity contribution < 1.29 is 19.5 Å². The van der Waals surface area contributed by atoms with Gasteiger partial charge in [-0.05, 0) is 12.8 Å². The van der Waals surface area contributed by atoms with E-state index in [9.17, 15) is 19.5 Å². The maximum Gasteiger partial charge on any atom is 0.327 e. The molecule has 3 amide bonds. The number of carbonyl (C=O) groups is 3. The van der Waals surface area contributed by atoms with Crippen LogP contribution in [-0.2, 0) is 9.59 Å². The molecule has 0 rings (SSSR count). The molecule has 0 aliphatic carbocycles. The van der Waals surface area contributed by atoms with Crippen LogP contribution in [0.25, 0.3) is 0 Å². The lowest BCUT2D eigenvalue weighted by Gasteiger charge is -2.14. The van der Waals surface area contributed by atoms with Crippen molar-refractivity contribution in [2.45, 2.75) is 200 Å². The predicted molar refractivity (Wildman–Crippen MR) is 199 cm³/mol. The molecule has 4 N–H and O–H groups in total. The van der Waals surface area contributed by atoms with Gasteiger partial charge in [0.15, 0.2) is 0 Å². The first-order valence-electron chi connectivity index (χ1n) is 19.6. The first-order chi connectivity index (χ1) is 22.5. The second-order valence-corrected chi connectivity index (χ2v) is 14.5. The molecule has 0 saturated carbocycles. The van der Waals surface area contributed by atoms with Gasteiger partial charge in [-0.1, -0.05) is 174 Å². The molecule has 7 nitrogen and oxygen atoms in total. The van der Waals surface area contributed by atoms with Crippen LogP contribution in [0.2, 0.25) is 0 Å². The van der Waals surface area contributed by atoms with Gasteiger partial charge in [0.2, 0.25) is 5.91 Å². The molecule has 0 aromatic rings. The largest absolute Gasteiger partial charge is 0.480 e. The third kappa shape index (κ3) is 33.9. The topological polar surface area (TPSA) is 108 Å². The lowest BCUT2D eigenvalue weighted by atomic mass is 10.0. The van der Waals surface area contributed by atoms with E-state index in [1.807, 2.05) is 0 Å². The van der Waals surface area contributed by atoms with Gasteiger partial charge in [-0.15, -0.1) is 0 Å². The van der Waals surface area contributed by atoms with Crippen LogP contribution >= 0.6 is 11.8 Å². The van der Waals surface area contributed by atoms with Gasteiger partial charge in [0.1, 0.15) is 6.04 Å². The molecule has 0 fully saturated rings. The van der Waals surface area contributed by atoms with Crippen LogP contribution in [0.1, 0.15) is 194 Å². The molecule has 0 aromatic carbocycles. The Morgan fingerprint density at radius 3 is 1.30 bits per heavy atom. The van der Waals surface area contributed by atoms with Gasteiger partial charge in [-0.3, -0.25) is 4.79 Å². The highest BCUT2D eigenvalue weighted by Crippen LogP contribution is 2.14. The van der Waals surface area contributed by atoms with Crippen LogP contribution in [0.5, 0.6) is 0 Å². The third-order valence-electron chi connectivity index (χ3n) is 8.77. The quantitative estimate of drug-likeness (QED) is 0.0497. The fourth-order valence-electron chi connectivity index (χ4n) is 5.77. The molecule has 272 valence electrons. The van der Waals surface area contributed by atoms with Crippen molar-refractivity contribution in [1.82, 2.24) is 16.0 Å². The van der Waals surface area contributed by atoms with E-state index in [1.165, 1.54) is 153 Å². The highest BCUT2D eigenvalue weighted by Gasteiger charge is 2.19. The van der Waals surface area contributed by atoms with Crippen molar-refractivity contribution in [2.24, 2.45) is 0 Å². The van der Waals surface area contributed by atoms with E-state index in [-0.39, 0.29) is 11.9 Å². The zero-order chi connectivity index (χ0) is 33.8. The summed E-state index contributed by atoms with van der Waals surface area (Å²) in [6, 6.07) is -1.06. The number of carbonyl (C=O) groups excluding carboxylic acids is 2. The van der Waals surface area contributed by atoms with E-state index in [0.717, 1.165) is 32.1 Å². The average molecular weight is 670 g/mol. The maximum atomic E-state index is 12.3. The molecule has 0 heterocycles. The second kappa shape index (κ2) is 36.4. The Labute approximate surface area is 288 Å². The summed E-state index contributed by atoms with van der Waals surface area (Å²) in [4.78, 5) is 35.9. The Morgan fingerprint density at radius 1 is 0.522 bits per heavy atom. The molecular formula is C38H75N3O4S. The third-order valence-corrected chi connectivity index (χ3v) is 9.83. The van der Waals surface area contributed by atoms with Crippen LogP contribution in [0.4, 0.5) is 4.79 Å². The number of nitrogens with one attached hydrogen (secondary N) is 3. The van der Waals surface area contributed by atoms with E-state index in [2.05, 4.69) is 29.8 Å². The molecule has 8 heteroatoms. The molecule has 0 aromatic heterocycles. The number of amides is 3. The predicted octanol–water partition coefficient (Wildman–Crippen LogP) is 10.6. The summed E-state index contributed by atoms with van der Waals surface area (Å²) < 4.78 is 0. The Morgan fingerprint density at radius 2 is 0.891 bits per heavy atom. The normalized spacial score (nSPS) is 11.8. The minimum absolute atomic E-state index is 0.170. The van der Waals surface area contributed by atoms with Gasteiger partial charge < -0.3 is 21.1 Å². The monoisotopic (exact) mass is 670 g/mol. The van der Waals surface area contributed by atoms with Crippen molar-refractivity contribution >= 4 is 29.7 Å². The van der Waals surface area contributed by atoms with Gasteiger partial charge in [0.05, 0.1) is 0 Å². The molecule has 0 saturated heterocycles. The summed E-state index contributed by atoms with van der Waals surface area (Å²) in [6.45, 7) is 5.67. The summed E-state index contributed by atoms with van der Waals surface area (Å²) in [5, 5.41) is 17.9. The molecule has 0 aliphatic rings. The van der Waals surface area contributed by atoms with Crippen LogP contribution in [0.15, 0.2) is 0 Å². The molecule has 0 spiro atoms. The Bertz CT molecular complexity index is 695. The standard InChI is InChI=1S/C38H75N3O4S/c1-3-5-7-9-11-13-15-17-19-21-23-25-27-29-31-39-38(45)40-32-33-46-34-35(37(43)44)41-36(42)30-28-26-24-22-20-18-16-14-12-10-8-6-4-2/h35H,3-34H2,1-2H3,(H,41,42)(H,43,44)(H2,39,40,45)/t35-/m0/s1. The van der Waals surface area contributed by atoms with Gasteiger partial charge >= 0.3 is 12.0 Å². The maximum absolute atomic E-state index is 12.3. The number of rotatable bonds is 36. The van der Waals surface area contributed by atoms with E-state index in [0.29, 0.717) is 31.0 Å². The molecule has 0 bridgehead atoms. The smallest absolute Gasteiger partial charge is 0.327 e. The number of hydrogen-bond acceptors (Lipinski definition) is 4. The zero-order valence-corrected chi connectivity index (χ0v) is 31.1. The first-order valence-corrected chi connectivity index (χ1v) is 20.8. The molecule has 46 heavy (non-hydrogen) atoms. The van der Waals surface area contributed by atoms with Gasteiger partial charge in [-0.25, -0.2) is 9.59 Å². The lowest BCUT2D eigenvalue weighted by Crippen LogP contribution is -2.43. The Hall–Kier alpha value is -1.44. The Balaban J connectivity index is 3.58. The number of carboxylic acids is 1. The van der Waals surface area contributed by atoms with Crippen molar-refractivity contribution in [2.75, 3.05) is 24.6 Å². The summed E-state index contributed by atoms with van der Waals surface area (Å²) in [6.07, 6.45) is 35.1. The molecule has 0 radical (unpaired) electrons. The number of thioether (sulfide) groups is 1. The highest BCUT2D eigenvalue weighted by molar-refractivity contribution is 7.99. The SMILES string of the molecule is CCCCCCCCCCCCCCCCNC(=O)NCCSC[C@H](NC(=O)CCCCCCCCCCCCCCC)C(=O)O. The van der Waals surface area contributed by atoms with Crippen LogP contribution < -0.4 is 16.0 Å². The summed E-state index contributed by atoms with van der Waals surface area (Å²) in [7, 11) is 0. The first kappa shape index (κ1) is 44.6. The molecule has 0 unspecified atom stereocenters. The fourth-order valence-corrected chi connectivity index (χ4v) is 6.64. The second-order valence-electron chi connectivity index (χ2n) is 13.3. The van der Waals surface area contributed by atoms with E-state index in [4.69, 9.17) is 0 Å². The summed E-state index contributed by atoms with van der Waals surface area (Å²) >= 11 is 1.43. The Kier molecular flexibility index (Phi) is 35.3. The summed E-state index contributed by atoms with van der Waals surface area (Å²) in [5.74, 6) is -0.297. The van der Waals surface area contributed by atoms with Crippen LogP contribution in [0, 0.1) is 0 Å². The highest BCUT2D eigenvalue weighted by atomic mass is 32.2. The van der Waals surface area contributed by atoms with Crippen LogP contribution in [0.3, 0.4) is 0 Å². The number of hydrogen-bond donors (Lipinski definition) is 4. The zero-order valence-electron chi connectivity index (χ0n) is 30.3. The minimum atomic E-state index is -1.01. The molecular weight excluding hydrogens is 595 g/mol. The van der Waals surface area contributed by atoms with Gasteiger partial charge in [0, 0.05) is 31.0 Å². The van der Waals surface area contributed by atoms with E-state index >= 15 is 0 Å². The number of aliphatic carboxylic acids is 1. The molecule has 1 atom stereocenters. The minimum Gasteiger partial charge on any atom is -0.480 e. The van der Waals surface area contributed by atoms with E-state index in [1.54, 1.807) is 0 Å². The number of unbranched alkanes of at least 4 members (excludes halogenated alkanes) is 25. The number of carboxylic acid groups (broad SMARTS) is 1. The summed E-state index contributed by atoms with van der Waals surface area (Å²) in [5.41, 5.74) is 0. The van der Waals surface area contributed by atoms with Crippen molar-refractivity contribution in [3.05, 3.63) is 0 Å². The lowest BCUT2D eigenvalue weighted by molar-refractivity contribution is -0.141. The van der Waals surface area contributed by atoms with Crippen molar-refractivity contribution in [3.8, 4) is 0 Å². The average Bonchev–Trinajstić information content (AvgIpc) is 3.04. The van der Waals surface area contributed by atoms with Crippen LogP contribution in [-0.4, -0.2) is 53.7 Å². The van der Waals surface area contributed by atoms with Gasteiger partial charge in [0.25, 0.3) is 0 Å². The van der Waals surface area contributed by atoms with E-state index < -0.39 is 12.0 Å². The number of urea groups is 1. The molecule has 0 aliphatic heterocycles. The fraction of sp³-hybridized carbons (Fsp3) is 0.921. The van der Waals surface area contributed by atoms with Crippen molar-refractivity contribution in [1.29, 1.82) is 0 Å². The van der Waals surface area contributed by atoms with Gasteiger partial charge in [-0.2, -0.15) is 11.8 Å². The van der Waals surface area contributed by atoms with Crippen molar-refractivity contribution in [3.63, 3.8) is 0 Å².